The number of Topliss-reactive ketones (excluding diaryl/α,β-unsaturated/α-hetero) is 1. The molecule has 3 aliphatic rings. The third kappa shape index (κ3) is 1.26. The van der Waals surface area contributed by atoms with Gasteiger partial charge in [-0.1, -0.05) is 20.8 Å². The molecule has 1 saturated heterocycles. The van der Waals surface area contributed by atoms with Crippen molar-refractivity contribution in [3.05, 3.63) is 0 Å². The molecule has 5 nitrogen and oxygen atoms in total. The lowest BCUT2D eigenvalue weighted by atomic mass is 9.47. The number of carbonyl (C=O) groups excluding carboxylic acids is 2. The largest absolute Gasteiger partial charge is 0.465 e. The zero-order valence-corrected chi connectivity index (χ0v) is 12.2. The Labute approximate surface area is 118 Å². The summed E-state index contributed by atoms with van der Waals surface area (Å²) in [6, 6.07) is 0. The molecule has 2 bridgehead atoms. The van der Waals surface area contributed by atoms with Crippen LogP contribution < -0.4 is 0 Å². The summed E-state index contributed by atoms with van der Waals surface area (Å²) in [5.41, 5.74) is -3.27. The highest BCUT2D eigenvalue weighted by molar-refractivity contribution is 5.86. The lowest BCUT2D eigenvalue weighted by Gasteiger charge is -2.58. The van der Waals surface area contributed by atoms with Gasteiger partial charge in [0.25, 0.3) is 0 Å². The topological polar surface area (TPSA) is 83.8 Å². The Bertz CT molecular complexity index is 489. The summed E-state index contributed by atoms with van der Waals surface area (Å²) in [6.45, 7) is 5.42. The molecule has 0 spiro atoms. The maximum absolute atomic E-state index is 12.4. The van der Waals surface area contributed by atoms with Crippen LogP contribution in [0.5, 0.6) is 0 Å². The van der Waals surface area contributed by atoms with Crippen molar-refractivity contribution in [2.75, 3.05) is 6.61 Å². The average Bonchev–Trinajstić information content (AvgIpc) is 2.52. The maximum atomic E-state index is 12.4. The Hall–Kier alpha value is -0.940. The second kappa shape index (κ2) is 3.83. The van der Waals surface area contributed by atoms with Gasteiger partial charge in [0, 0.05) is 23.2 Å². The Morgan fingerprint density at radius 3 is 2.55 bits per heavy atom. The minimum atomic E-state index is -1.45. The number of esters is 1. The van der Waals surface area contributed by atoms with E-state index in [4.69, 9.17) is 4.74 Å². The molecule has 0 amide bonds. The summed E-state index contributed by atoms with van der Waals surface area (Å²) in [4.78, 5) is 24.4. The molecule has 0 unspecified atom stereocenters. The summed E-state index contributed by atoms with van der Waals surface area (Å²) in [5, 5.41) is 21.9. The van der Waals surface area contributed by atoms with Crippen LogP contribution in [0.3, 0.4) is 0 Å². The number of hydrogen-bond donors (Lipinski definition) is 2. The lowest BCUT2D eigenvalue weighted by Crippen LogP contribution is -2.69. The SMILES string of the molecule is C[C@H]1C[C@H](O)[C@]2(O)[C@@]13CC(=O)OC[C@]2(C)[C@@H](C)C(=O)C3. The van der Waals surface area contributed by atoms with Gasteiger partial charge in [-0.15, -0.1) is 0 Å². The summed E-state index contributed by atoms with van der Waals surface area (Å²) in [7, 11) is 0. The number of carbonyl (C=O) groups is 2. The van der Waals surface area contributed by atoms with Gasteiger partial charge in [-0.25, -0.2) is 0 Å². The van der Waals surface area contributed by atoms with Gasteiger partial charge in [0.1, 0.15) is 18.0 Å². The third-order valence-corrected chi connectivity index (χ3v) is 6.55. The third-order valence-electron chi connectivity index (χ3n) is 6.55. The minimum absolute atomic E-state index is 0.00970. The quantitative estimate of drug-likeness (QED) is 0.638. The second-order valence-electron chi connectivity index (χ2n) is 7.19. The van der Waals surface area contributed by atoms with Gasteiger partial charge in [0.2, 0.25) is 0 Å². The fourth-order valence-electron chi connectivity index (χ4n) is 4.99. The molecule has 3 rings (SSSR count). The van der Waals surface area contributed by atoms with Gasteiger partial charge in [0.05, 0.1) is 12.5 Å². The van der Waals surface area contributed by atoms with Crippen LogP contribution >= 0.6 is 0 Å². The molecule has 0 aromatic rings. The summed E-state index contributed by atoms with van der Waals surface area (Å²) in [6.07, 6.45) is -0.351. The number of cyclic esters (lactones) is 1. The molecule has 6 atom stereocenters. The van der Waals surface area contributed by atoms with Crippen molar-refractivity contribution in [3.63, 3.8) is 0 Å². The normalized spacial score (nSPS) is 55.1. The van der Waals surface area contributed by atoms with Crippen molar-refractivity contribution in [1.82, 2.24) is 0 Å². The Kier molecular flexibility index (Phi) is 2.68. The fraction of sp³-hybridized carbons (Fsp3) is 0.867. The first-order valence-electron chi connectivity index (χ1n) is 7.28. The van der Waals surface area contributed by atoms with Crippen LogP contribution in [0.25, 0.3) is 0 Å². The monoisotopic (exact) mass is 282 g/mol. The predicted octanol–water partition coefficient (Wildman–Crippen LogP) is 0.667. The molecule has 0 aromatic carbocycles. The summed E-state index contributed by atoms with van der Waals surface area (Å²) in [5.74, 6) is -0.859. The van der Waals surface area contributed by atoms with Gasteiger partial charge in [-0.2, -0.15) is 0 Å². The Morgan fingerprint density at radius 1 is 1.25 bits per heavy atom. The van der Waals surface area contributed by atoms with Crippen LogP contribution in [0.4, 0.5) is 0 Å². The first kappa shape index (κ1) is 14.0. The van der Waals surface area contributed by atoms with Crippen LogP contribution in [0.15, 0.2) is 0 Å². The zero-order chi connectivity index (χ0) is 14.9. The van der Waals surface area contributed by atoms with E-state index in [0.29, 0.717) is 6.42 Å². The highest BCUT2D eigenvalue weighted by Gasteiger charge is 2.76. The minimum Gasteiger partial charge on any atom is -0.465 e. The summed E-state index contributed by atoms with van der Waals surface area (Å²) >= 11 is 0. The lowest BCUT2D eigenvalue weighted by molar-refractivity contribution is -0.235. The van der Waals surface area contributed by atoms with E-state index in [1.54, 1.807) is 13.8 Å². The van der Waals surface area contributed by atoms with E-state index in [9.17, 15) is 19.8 Å². The molecule has 1 heterocycles. The van der Waals surface area contributed by atoms with Crippen LogP contribution in [0.2, 0.25) is 0 Å². The van der Waals surface area contributed by atoms with E-state index in [1.807, 2.05) is 6.92 Å². The highest BCUT2D eigenvalue weighted by atomic mass is 16.5. The van der Waals surface area contributed by atoms with Gasteiger partial charge < -0.3 is 14.9 Å². The van der Waals surface area contributed by atoms with E-state index in [2.05, 4.69) is 0 Å². The Balaban J connectivity index is 2.27. The summed E-state index contributed by atoms with van der Waals surface area (Å²) < 4.78 is 5.27. The number of ketones is 1. The maximum Gasteiger partial charge on any atom is 0.306 e. The molecule has 2 saturated carbocycles. The van der Waals surface area contributed by atoms with Gasteiger partial charge in [0.15, 0.2) is 0 Å². The molecule has 2 aliphatic carbocycles. The van der Waals surface area contributed by atoms with Crippen molar-refractivity contribution in [1.29, 1.82) is 0 Å². The van der Waals surface area contributed by atoms with Crippen molar-refractivity contribution in [3.8, 4) is 0 Å². The highest BCUT2D eigenvalue weighted by Crippen LogP contribution is 2.67. The van der Waals surface area contributed by atoms with Crippen LogP contribution in [-0.4, -0.2) is 40.3 Å². The first-order chi connectivity index (χ1) is 9.19. The number of ether oxygens (including phenoxy) is 1. The predicted molar refractivity (Wildman–Crippen MR) is 69.6 cm³/mol. The van der Waals surface area contributed by atoms with Crippen molar-refractivity contribution in [2.45, 2.75) is 51.7 Å². The zero-order valence-electron chi connectivity index (χ0n) is 12.2. The van der Waals surface area contributed by atoms with E-state index in [1.165, 1.54) is 0 Å². The average molecular weight is 282 g/mol. The Morgan fingerprint density at radius 2 is 1.90 bits per heavy atom. The molecule has 2 N–H and O–H groups in total. The van der Waals surface area contributed by atoms with E-state index in [-0.39, 0.29) is 37.1 Å². The van der Waals surface area contributed by atoms with Gasteiger partial charge >= 0.3 is 5.97 Å². The molecule has 5 heteroatoms. The van der Waals surface area contributed by atoms with E-state index in [0.717, 1.165) is 0 Å². The van der Waals surface area contributed by atoms with E-state index >= 15 is 0 Å². The van der Waals surface area contributed by atoms with Gasteiger partial charge in [-0.3, -0.25) is 9.59 Å². The molecule has 1 aliphatic heterocycles. The van der Waals surface area contributed by atoms with Crippen LogP contribution in [0.1, 0.15) is 40.0 Å². The molecule has 0 aromatic heterocycles. The van der Waals surface area contributed by atoms with Crippen molar-refractivity contribution < 1.29 is 24.5 Å². The van der Waals surface area contributed by atoms with Crippen LogP contribution in [0, 0.1) is 22.7 Å². The van der Waals surface area contributed by atoms with Crippen molar-refractivity contribution >= 4 is 11.8 Å². The number of aliphatic hydroxyl groups excluding tert-OH is 1. The fourth-order valence-corrected chi connectivity index (χ4v) is 4.99. The molecule has 0 radical (unpaired) electrons. The second-order valence-corrected chi connectivity index (χ2v) is 7.19. The van der Waals surface area contributed by atoms with E-state index < -0.39 is 28.5 Å². The standard InChI is InChI=1S/C15H22O5/c1-8-4-11(17)15(19)13(3)7-20-12(18)6-14(8,15)5-10(16)9(13)2/h8-9,11,17,19H,4-7H2,1-3H3/t8-,9-,11-,13+,14-,15+/m0/s1. The van der Waals surface area contributed by atoms with Crippen molar-refractivity contribution in [2.24, 2.45) is 22.7 Å². The van der Waals surface area contributed by atoms with Gasteiger partial charge in [-0.05, 0) is 12.3 Å². The number of rotatable bonds is 0. The molecular weight excluding hydrogens is 260 g/mol. The number of aliphatic hydroxyl groups is 2. The van der Waals surface area contributed by atoms with Crippen LogP contribution in [-0.2, 0) is 14.3 Å². The first-order valence-corrected chi connectivity index (χ1v) is 7.28. The molecule has 20 heavy (non-hydrogen) atoms. The number of hydrogen-bond acceptors (Lipinski definition) is 5. The molecule has 3 fully saturated rings. The molecule has 112 valence electrons. The molecular formula is C15H22O5. The smallest absolute Gasteiger partial charge is 0.306 e.